The summed E-state index contributed by atoms with van der Waals surface area (Å²) in [7, 11) is 0. The molecule has 1 heterocycles. The molecule has 27 heavy (non-hydrogen) atoms. The number of anilines is 1. The van der Waals surface area contributed by atoms with E-state index in [1.807, 2.05) is 0 Å². The zero-order valence-corrected chi connectivity index (χ0v) is 13.9. The van der Waals surface area contributed by atoms with Gasteiger partial charge in [0.05, 0.1) is 16.2 Å². The summed E-state index contributed by atoms with van der Waals surface area (Å²) in [5, 5.41) is 13.1. The average molecular weight is 363 g/mol. The Kier molecular flexibility index (Phi) is 4.89. The molecule has 1 fully saturated rings. The van der Waals surface area contributed by atoms with Crippen molar-refractivity contribution in [1.82, 2.24) is 5.32 Å². The molecule has 2 aromatic rings. The van der Waals surface area contributed by atoms with E-state index in [4.69, 9.17) is 0 Å². The maximum atomic E-state index is 12.6. The van der Waals surface area contributed by atoms with Crippen molar-refractivity contribution in [3.8, 4) is 0 Å². The average Bonchev–Trinajstić information content (AvgIpc) is 2.65. The highest BCUT2D eigenvalue weighted by Crippen LogP contribution is 2.21. The van der Waals surface area contributed by atoms with E-state index < -0.39 is 22.8 Å². The quantitative estimate of drug-likeness (QED) is 0.389. The van der Waals surface area contributed by atoms with Crippen molar-refractivity contribution in [3.05, 3.63) is 88.0 Å². The summed E-state index contributed by atoms with van der Waals surface area (Å²) in [5.41, 5.74) is 0.279. The summed E-state index contributed by atoms with van der Waals surface area (Å²) in [6, 6.07) is 13.4. The van der Waals surface area contributed by atoms with Crippen LogP contribution in [0.4, 0.5) is 16.2 Å². The van der Waals surface area contributed by atoms with E-state index in [1.54, 1.807) is 36.4 Å². The molecule has 0 atom stereocenters. The highest BCUT2D eigenvalue weighted by Gasteiger charge is 2.36. The van der Waals surface area contributed by atoms with Crippen LogP contribution in [0.5, 0.6) is 0 Å². The van der Waals surface area contributed by atoms with Gasteiger partial charge in [0.2, 0.25) is 0 Å². The van der Waals surface area contributed by atoms with E-state index in [2.05, 4.69) is 5.32 Å². The molecule has 0 spiro atoms. The maximum Gasteiger partial charge on any atom is 0.335 e. The van der Waals surface area contributed by atoms with Gasteiger partial charge in [-0.3, -0.25) is 25.0 Å². The van der Waals surface area contributed by atoms with Crippen LogP contribution in [0, 0.1) is 10.1 Å². The molecule has 1 saturated heterocycles. The number of carbonyl (C=O) groups excluding carboxylic acids is 3. The number of nitro groups is 1. The van der Waals surface area contributed by atoms with Gasteiger partial charge in [0.25, 0.3) is 17.5 Å². The number of barbiturate groups is 1. The number of para-hydroxylation sites is 2. The molecule has 8 nitrogen and oxygen atoms in total. The Labute approximate surface area is 153 Å². The molecule has 0 aromatic heterocycles. The molecule has 1 aliphatic rings. The fourth-order valence-electron chi connectivity index (χ4n) is 2.53. The highest BCUT2D eigenvalue weighted by atomic mass is 16.6. The predicted molar refractivity (Wildman–Crippen MR) is 97.7 cm³/mol. The molecule has 8 heteroatoms. The summed E-state index contributed by atoms with van der Waals surface area (Å²) in [5.74, 6) is -1.61. The second-order valence-electron chi connectivity index (χ2n) is 5.49. The lowest BCUT2D eigenvalue weighted by Gasteiger charge is -2.26. The lowest BCUT2D eigenvalue weighted by atomic mass is 10.1. The second kappa shape index (κ2) is 7.44. The van der Waals surface area contributed by atoms with E-state index >= 15 is 0 Å². The van der Waals surface area contributed by atoms with Gasteiger partial charge in [0.15, 0.2) is 0 Å². The van der Waals surface area contributed by atoms with Gasteiger partial charge >= 0.3 is 6.03 Å². The van der Waals surface area contributed by atoms with Crippen LogP contribution >= 0.6 is 0 Å². The molecule has 3 rings (SSSR count). The van der Waals surface area contributed by atoms with Crippen LogP contribution in [0.3, 0.4) is 0 Å². The number of nitrogens with zero attached hydrogens (tertiary/aromatic N) is 2. The molecule has 1 aliphatic heterocycles. The van der Waals surface area contributed by atoms with Crippen molar-refractivity contribution in [1.29, 1.82) is 0 Å². The van der Waals surface area contributed by atoms with E-state index in [9.17, 15) is 24.5 Å². The van der Waals surface area contributed by atoms with Crippen LogP contribution in [0.1, 0.15) is 5.56 Å². The first-order valence-electron chi connectivity index (χ1n) is 7.85. The largest absolute Gasteiger partial charge is 0.335 e. The summed E-state index contributed by atoms with van der Waals surface area (Å²) in [6.45, 7) is 0. The number of urea groups is 1. The lowest BCUT2D eigenvalue weighted by Crippen LogP contribution is -2.54. The van der Waals surface area contributed by atoms with Crippen LogP contribution in [-0.4, -0.2) is 22.8 Å². The van der Waals surface area contributed by atoms with Crippen LogP contribution in [0.2, 0.25) is 0 Å². The van der Waals surface area contributed by atoms with E-state index in [-0.39, 0.29) is 11.3 Å². The fourth-order valence-corrected chi connectivity index (χ4v) is 2.53. The Morgan fingerprint density at radius 2 is 1.63 bits per heavy atom. The Bertz CT molecular complexity index is 995. The Hall–Kier alpha value is -4.07. The number of rotatable bonds is 4. The molecule has 0 saturated carbocycles. The number of benzene rings is 2. The van der Waals surface area contributed by atoms with Crippen molar-refractivity contribution in [2.45, 2.75) is 0 Å². The molecule has 0 aliphatic carbocycles. The van der Waals surface area contributed by atoms with E-state index in [0.717, 1.165) is 4.90 Å². The van der Waals surface area contributed by atoms with E-state index in [0.29, 0.717) is 11.3 Å². The Morgan fingerprint density at radius 1 is 0.963 bits per heavy atom. The number of imide groups is 2. The normalized spacial score (nSPS) is 16.1. The first-order chi connectivity index (χ1) is 13.0. The Balaban J connectivity index is 1.91. The zero-order valence-electron chi connectivity index (χ0n) is 13.9. The molecule has 0 radical (unpaired) electrons. The molecule has 0 bridgehead atoms. The number of hydrogen-bond donors (Lipinski definition) is 1. The first kappa shape index (κ1) is 17.7. The van der Waals surface area contributed by atoms with Gasteiger partial charge in [-0.15, -0.1) is 0 Å². The predicted octanol–water partition coefficient (Wildman–Crippen LogP) is 2.82. The third-order valence-electron chi connectivity index (χ3n) is 3.79. The number of carbonyl (C=O) groups is 3. The third-order valence-corrected chi connectivity index (χ3v) is 3.79. The minimum atomic E-state index is -0.837. The van der Waals surface area contributed by atoms with Crippen molar-refractivity contribution in [2.75, 3.05) is 4.90 Å². The molecular weight excluding hydrogens is 350 g/mol. The molecule has 2 aromatic carbocycles. The van der Waals surface area contributed by atoms with Crippen molar-refractivity contribution >= 4 is 35.3 Å². The monoisotopic (exact) mass is 363 g/mol. The number of allylic oxidation sites excluding steroid dienone is 2. The van der Waals surface area contributed by atoms with Crippen molar-refractivity contribution < 1.29 is 19.3 Å². The summed E-state index contributed by atoms with van der Waals surface area (Å²) >= 11 is 0. The SMILES string of the molecule is O=C1NC(=O)N(c2ccccc2)C(=O)/C1=C/C=C/c1ccccc1[N+](=O)[O-]. The number of nitro benzene ring substituents is 1. The number of hydrogen-bond acceptors (Lipinski definition) is 5. The first-order valence-corrected chi connectivity index (χ1v) is 7.85. The van der Waals surface area contributed by atoms with Crippen molar-refractivity contribution in [3.63, 3.8) is 0 Å². The van der Waals surface area contributed by atoms with Crippen LogP contribution in [0.25, 0.3) is 6.08 Å². The smallest absolute Gasteiger partial charge is 0.273 e. The third kappa shape index (κ3) is 3.64. The molecular formula is C19H13N3O5. The van der Waals surface area contributed by atoms with Crippen LogP contribution in [0.15, 0.2) is 72.3 Å². The minimum Gasteiger partial charge on any atom is -0.273 e. The van der Waals surface area contributed by atoms with Crippen LogP contribution in [-0.2, 0) is 9.59 Å². The standard InChI is InChI=1S/C19H13N3O5/c23-17-15(11-6-8-13-7-4-5-12-16(13)22(26)27)18(24)21(19(25)20-17)14-9-2-1-3-10-14/h1-12H,(H,20,23,25)/b8-6+,15-11+. The molecule has 0 unspecified atom stereocenters. The maximum absolute atomic E-state index is 12.6. The van der Waals surface area contributed by atoms with E-state index in [1.165, 1.54) is 36.4 Å². The minimum absolute atomic E-state index is 0.104. The van der Waals surface area contributed by atoms with Gasteiger partial charge in [-0.05, 0) is 30.4 Å². The Morgan fingerprint density at radius 3 is 2.33 bits per heavy atom. The van der Waals surface area contributed by atoms with Crippen molar-refractivity contribution in [2.24, 2.45) is 0 Å². The molecule has 4 amide bonds. The van der Waals surface area contributed by atoms with Crippen LogP contribution < -0.4 is 10.2 Å². The molecule has 134 valence electrons. The number of nitrogens with one attached hydrogen (secondary N) is 1. The summed E-state index contributed by atoms with van der Waals surface area (Å²) in [4.78, 5) is 48.0. The fraction of sp³-hybridized carbons (Fsp3) is 0. The van der Waals surface area contributed by atoms with Gasteiger partial charge in [-0.25, -0.2) is 9.69 Å². The lowest BCUT2D eigenvalue weighted by molar-refractivity contribution is -0.385. The van der Waals surface area contributed by atoms with Gasteiger partial charge in [-0.2, -0.15) is 0 Å². The summed E-state index contributed by atoms with van der Waals surface area (Å²) in [6.07, 6.45) is 3.99. The van der Waals surface area contributed by atoms with Gasteiger partial charge in [-0.1, -0.05) is 36.4 Å². The van der Waals surface area contributed by atoms with Gasteiger partial charge in [0.1, 0.15) is 5.57 Å². The van der Waals surface area contributed by atoms with Gasteiger partial charge < -0.3 is 0 Å². The topological polar surface area (TPSA) is 110 Å². The highest BCUT2D eigenvalue weighted by molar-refractivity contribution is 6.37. The number of amides is 4. The zero-order chi connectivity index (χ0) is 19.4. The summed E-state index contributed by atoms with van der Waals surface area (Å²) < 4.78 is 0. The second-order valence-corrected chi connectivity index (χ2v) is 5.49. The van der Waals surface area contributed by atoms with Gasteiger partial charge in [0, 0.05) is 6.07 Å². The molecule has 1 N–H and O–H groups in total.